The van der Waals surface area contributed by atoms with Crippen molar-refractivity contribution in [2.24, 2.45) is 11.7 Å². The van der Waals surface area contributed by atoms with E-state index >= 15 is 0 Å². The lowest BCUT2D eigenvalue weighted by Crippen LogP contribution is -2.15. The number of hydrogen-bond acceptors (Lipinski definition) is 1. The smallest absolute Gasteiger partial charge is 0.00105 e. The summed E-state index contributed by atoms with van der Waals surface area (Å²) in [5.41, 5.74) is 5.66. The average Bonchev–Trinajstić information content (AvgIpc) is 2.34. The first kappa shape index (κ1) is 8.06. The summed E-state index contributed by atoms with van der Waals surface area (Å²) in [5, 5.41) is 0. The van der Waals surface area contributed by atoms with Crippen LogP contribution in [0.1, 0.15) is 39.0 Å². The molecule has 2 atom stereocenters. The first-order valence-corrected chi connectivity index (χ1v) is 4.36. The zero-order valence-corrected chi connectivity index (χ0v) is 6.84. The monoisotopic (exact) mass is 140 g/mol. The average molecular weight is 140 g/mol. The SMILES string of the molecule is CC(N)CCC1C[CH]CC1. The lowest BCUT2D eigenvalue weighted by Gasteiger charge is -2.09. The third-order valence-corrected chi connectivity index (χ3v) is 2.31. The molecule has 1 aliphatic carbocycles. The summed E-state index contributed by atoms with van der Waals surface area (Å²) in [4.78, 5) is 0. The second kappa shape index (κ2) is 3.97. The maximum absolute atomic E-state index is 5.66. The van der Waals surface area contributed by atoms with Gasteiger partial charge in [0.2, 0.25) is 0 Å². The van der Waals surface area contributed by atoms with E-state index in [1.54, 1.807) is 0 Å². The Kier molecular flexibility index (Phi) is 3.20. The van der Waals surface area contributed by atoms with Crippen LogP contribution in [0.5, 0.6) is 0 Å². The summed E-state index contributed by atoms with van der Waals surface area (Å²) < 4.78 is 0. The molecular formula is C9H18N. The van der Waals surface area contributed by atoms with Gasteiger partial charge in [-0.2, -0.15) is 0 Å². The Bertz CT molecular complexity index is 82.7. The van der Waals surface area contributed by atoms with E-state index in [1.807, 2.05) is 0 Å². The molecule has 1 radical (unpaired) electrons. The van der Waals surface area contributed by atoms with Crippen LogP contribution < -0.4 is 5.73 Å². The summed E-state index contributed by atoms with van der Waals surface area (Å²) >= 11 is 0. The molecule has 1 heteroatoms. The molecule has 0 saturated heterocycles. The normalized spacial score (nSPS) is 23.4. The van der Waals surface area contributed by atoms with E-state index < -0.39 is 0 Å². The standard InChI is InChI=1S/C9H18N/c1-8(10)6-7-9-4-2-3-5-9/h2,8-9H,3-7,10H2,1H3. The van der Waals surface area contributed by atoms with Crippen molar-refractivity contribution in [1.29, 1.82) is 0 Å². The van der Waals surface area contributed by atoms with Gasteiger partial charge in [0.25, 0.3) is 0 Å². The molecule has 1 rings (SSSR count). The first-order chi connectivity index (χ1) is 4.79. The molecule has 1 nitrogen and oxygen atoms in total. The highest BCUT2D eigenvalue weighted by Crippen LogP contribution is 2.27. The minimum atomic E-state index is 0.403. The van der Waals surface area contributed by atoms with E-state index in [4.69, 9.17) is 5.73 Å². The van der Waals surface area contributed by atoms with Crippen LogP contribution in [-0.2, 0) is 0 Å². The van der Waals surface area contributed by atoms with Gasteiger partial charge in [0.15, 0.2) is 0 Å². The highest BCUT2D eigenvalue weighted by molar-refractivity contribution is 4.80. The van der Waals surface area contributed by atoms with Crippen molar-refractivity contribution in [3.8, 4) is 0 Å². The van der Waals surface area contributed by atoms with Gasteiger partial charge in [-0.1, -0.05) is 6.42 Å². The molecule has 0 bridgehead atoms. The molecule has 1 aliphatic rings. The molecule has 0 aromatic carbocycles. The van der Waals surface area contributed by atoms with Gasteiger partial charge in [-0.15, -0.1) is 0 Å². The molecule has 2 N–H and O–H groups in total. The van der Waals surface area contributed by atoms with Crippen LogP contribution in [0.3, 0.4) is 0 Å². The fourth-order valence-corrected chi connectivity index (χ4v) is 1.59. The lowest BCUT2D eigenvalue weighted by atomic mass is 10.00. The summed E-state index contributed by atoms with van der Waals surface area (Å²) in [7, 11) is 0. The van der Waals surface area contributed by atoms with Crippen molar-refractivity contribution in [2.45, 2.75) is 45.1 Å². The minimum Gasteiger partial charge on any atom is -0.328 e. The maximum Gasteiger partial charge on any atom is 0.00105 e. The summed E-state index contributed by atoms with van der Waals surface area (Å²) in [6.07, 6.45) is 9.04. The van der Waals surface area contributed by atoms with E-state index in [2.05, 4.69) is 13.3 Å². The predicted molar refractivity (Wildman–Crippen MR) is 44.5 cm³/mol. The molecule has 0 aromatic rings. The summed E-state index contributed by atoms with van der Waals surface area (Å²) in [6, 6.07) is 0.403. The van der Waals surface area contributed by atoms with Gasteiger partial charge in [0, 0.05) is 6.04 Å². The molecule has 59 valence electrons. The zero-order valence-electron chi connectivity index (χ0n) is 6.84. The summed E-state index contributed by atoms with van der Waals surface area (Å²) in [6.45, 7) is 2.10. The summed E-state index contributed by atoms with van der Waals surface area (Å²) in [5.74, 6) is 0.964. The Morgan fingerprint density at radius 1 is 1.70 bits per heavy atom. The highest BCUT2D eigenvalue weighted by Gasteiger charge is 2.14. The van der Waals surface area contributed by atoms with Crippen LogP contribution >= 0.6 is 0 Å². The van der Waals surface area contributed by atoms with Crippen molar-refractivity contribution >= 4 is 0 Å². The third kappa shape index (κ3) is 2.70. The van der Waals surface area contributed by atoms with Crippen LogP contribution in [0.25, 0.3) is 0 Å². The van der Waals surface area contributed by atoms with Crippen molar-refractivity contribution in [3.63, 3.8) is 0 Å². The van der Waals surface area contributed by atoms with E-state index in [0.29, 0.717) is 6.04 Å². The second-order valence-electron chi connectivity index (χ2n) is 3.52. The number of rotatable bonds is 3. The van der Waals surface area contributed by atoms with E-state index in [1.165, 1.54) is 32.1 Å². The Morgan fingerprint density at radius 3 is 3.00 bits per heavy atom. The molecule has 0 spiro atoms. The van der Waals surface area contributed by atoms with Gasteiger partial charge >= 0.3 is 0 Å². The predicted octanol–water partition coefficient (Wildman–Crippen LogP) is 2.12. The molecule has 0 aliphatic heterocycles. The Labute approximate surface area is 64.0 Å². The first-order valence-electron chi connectivity index (χ1n) is 4.36. The lowest BCUT2D eigenvalue weighted by molar-refractivity contribution is 0.463. The highest BCUT2D eigenvalue weighted by atomic mass is 14.6. The quantitative estimate of drug-likeness (QED) is 0.638. The number of nitrogens with two attached hydrogens (primary N) is 1. The van der Waals surface area contributed by atoms with Crippen LogP contribution in [0.2, 0.25) is 0 Å². The Balaban J connectivity index is 2.01. The van der Waals surface area contributed by atoms with E-state index in [9.17, 15) is 0 Å². The molecule has 1 saturated carbocycles. The molecule has 0 amide bonds. The largest absolute Gasteiger partial charge is 0.328 e. The number of hydrogen-bond donors (Lipinski definition) is 1. The maximum atomic E-state index is 5.66. The van der Waals surface area contributed by atoms with Gasteiger partial charge in [-0.05, 0) is 44.9 Å². The van der Waals surface area contributed by atoms with Gasteiger partial charge in [0.05, 0.1) is 0 Å². The molecule has 0 aromatic heterocycles. The van der Waals surface area contributed by atoms with Gasteiger partial charge in [-0.25, -0.2) is 0 Å². The fourth-order valence-electron chi connectivity index (χ4n) is 1.59. The van der Waals surface area contributed by atoms with Crippen LogP contribution in [0.15, 0.2) is 0 Å². The minimum absolute atomic E-state index is 0.403. The topological polar surface area (TPSA) is 26.0 Å². The van der Waals surface area contributed by atoms with Crippen LogP contribution in [0, 0.1) is 12.3 Å². The van der Waals surface area contributed by atoms with E-state index in [0.717, 1.165) is 5.92 Å². The van der Waals surface area contributed by atoms with Gasteiger partial charge in [0.1, 0.15) is 0 Å². The van der Waals surface area contributed by atoms with Crippen molar-refractivity contribution in [2.75, 3.05) is 0 Å². The van der Waals surface area contributed by atoms with Crippen molar-refractivity contribution in [3.05, 3.63) is 6.42 Å². The third-order valence-electron chi connectivity index (χ3n) is 2.31. The zero-order chi connectivity index (χ0) is 7.40. The van der Waals surface area contributed by atoms with Crippen LogP contribution in [0.4, 0.5) is 0 Å². The van der Waals surface area contributed by atoms with Crippen LogP contribution in [-0.4, -0.2) is 6.04 Å². The molecule has 0 heterocycles. The molecular weight excluding hydrogens is 122 g/mol. The molecule has 10 heavy (non-hydrogen) atoms. The van der Waals surface area contributed by atoms with E-state index in [-0.39, 0.29) is 0 Å². The Morgan fingerprint density at radius 2 is 2.50 bits per heavy atom. The Hall–Kier alpha value is -0.0400. The van der Waals surface area contributed by atoms with Gasteiger partial charge < -0.3 is 5.73 Å². The second-order valence-corrected chi connectivity index (χ2v) is 3.52. The van der Waals surface area contributed by atoms with Crippen molar-refractivity contribution < 1.29 is 0 Å². The van der Waals surface area contributed by atoms with Crippen molar-refractivity contribution in [1.82, 2.24) is 0 Å². The molecule has 2 unspecified atom stereocenters. The molecule has 1 fully saturated rings. The fraction of sp³-hybridized carbons (Fsp3) is 0.889. The van der Waals surface area contributed by atoms with Gasteiger partial charge in [-0.3, -0.25) is 0 Å².